The lowest BCUT2D eigenvalue weighted by Crippen LogP contribution is -2.53. The quantitative estimate of drug-likeness (QED) is 0.207. The van der Waals surface area contributed by atoms with Crippen molar-refractivity contribution in [2.75, 3.05) is 23.3 Å². The average molecular weight is 647 g/mol. The minimum Gasteiger partial charge on any atom is -0.475 e. The summed E-state index contributed by atoms with van der Waals surface area (Å²) in [6, 6.07) is 7.01. The zero-order valence-corrected chi connectivity index (χ0v) is 22.4. The van der Waals surface area contributed by atoms with E-state index in [0.29, 0.717) is 11.2 Å². The second kappa shape index (κ2) is 12.8. The lowest BCUT2D eigenvalue weighted by atomic mass is 9.93. The van der Waals surface area contributed by atoms with Gasteiger partial charge in [-0.3, -0.25) is 4.98 Å². The van der Waals surface area contributed by atoms with Gasteiger partial charge < -0.3 is 25.7 Å². The van der Waals surface area contributed by atoms with Crippen molar-refractivity contribution in [3.05, 3.63) is 66.6 Å². The molecule has 2 atom stereocenters. The molecule has 1 aliphatic rings. The Hall–Kier alpha value is -5.23. The molecule has 1 aromatic carbocycles. The number of nitrogens with one attached hydrogen (secondary N) is 2. The van der Waals surface area contributed by atoms with Crippen molar-refractivity contribution >= 4 is 34.9 Å². The van der Waals surface area contributed by atoms with E-state index in [9.17, 15) is 39.9 Å². The molecule has 11 nitrogen and oxygen atoms in total. The maximum atomic E-state index is 14.3. The number of hydrogen-bond donors (Lipinski definition) is 4. The minimum atomic E-state index is -5.08. The first-order chi connectivity index (χ1) is 21.0. The Morgan fingerprint density at radius 2 is 1.60 bits per heavy atom. The fourth-order valence-corrected chi connectivity index (χ4v) is 4.54. The molecule has 19 heteroatoms. The summed E-state index contributed by atoms with van der Waals surface area (Å²) in [6.45, 7) is -0.397. The summed E-state index contributed by atoms with van der Waals surface area (Å²) >= 11 is 0. The predicted molar refractivity (Wildman–Crippen MR) is 141 cm³/mol. The monoisotopic (exact) mass is 647 g/mol. The van der Waals surface area contributed by atoms with E-state index in [1.165, 1.54) is 46.2 Å². The van der Waals surface area contributed by atoms with Crippen LogP contribution >= 0.6 is 0 Å². The van der Waals surface area contributed by atoms with Crippen LogP contribution in [-0.4, -0.2) is 73.3 Å². The van der Waals surface area contributed by atoms with Gasteiger partial charge in [-0.15, -0.1) is 0 Å². The Labute approximate surface area is 247 Å². The molecule has 45 heavy (non-hydrogen) atoms. The van der Waals surface area contributed by atoms with Gasteiger partial charge in [-0.05, 0) is 36.8 Å². The highest BCUT2D eigenvalue weighted by atomic mass is 19.4. The van der Waals surface area contributed by atoms with Crippen molar-refractivity contribution in [3.8, 4) is 11.3 Å². The number of amides is 1. The van der Waals surface area contributed by atoms with Crippen LogP contribution in [0.2, 0.25) is 0 Å². The van der Waals surface area contributed by atoms with Gasteiger partial charge in [-0.1, -0.05) is 6.07 Å². The summed E-state index contributed by atoms with van der Waals surface area (Å²) in [7, 11) is 0. The number of imidazole rings is 1. The molecule has 1 amide bonds. The van der Waals surface area contributed by atoms with Crippen LogP contribution in [0.25, 0.3) is 16.8 Å². The van der Waals surface area contributed by atoms with Crippen LogP contribution in [0, 0.1) is 17.6 Å². The van der Waals surface area contributed by atoms with Gasteiger partial charge in [-0.25, -0.2) is 23.4 Å². The van der Waals surface area contributed by atoms with Crippen molar-refractivity contribution in [1.82, 2.24) is 24.9 Å². The summed E-state index contributed by atoms with van der Waals surface area (Å²) in [5.74, 6) is -5.99. The number of piperidine rings is 1. The first-order valence-corrected chi connectivity index (χ1v) is 12.7. The van der Waals surface area contributed by atoms with Gasteiger partial charge in [0.2, 0.25) is 5.95 Å². The van der Waals surface area contributed by atoms with Crippen LogP contribution in [0.1, 0.15) is 6.42 Å². The fourth-order valence-electron chi connectivity index (χ4n) is 4.54. The fraction of sp³-hybridized carbons (Fsp3) is 0.269. The normalized spacial score (nSPS) is 16.9. The number of anilines is 3. The number of fused-ring (bicyclic) bond motifs is 1. The molecular weight excluding hydrogens is 626 g/mol. The Morgan fingerprint density at radius 3 is 2.20 bits per heavy atom. The number of carboxylic acid groups (broad SMARTS) is 2. The van der Waals surface area contributed by atoms with Gasteiger partial charge >= 0.3 is 24.4 Å². The molecule has 4 N–H and O–H groups in total. The second-order valence-electron chi connectivity index (χ2n) is 9.58. The number of hydrogen-bond acceptors (Lipinski definition) is 7. The van der Waals surface area contributed by atoms with E-state index in [4.69, 9.17) is 15.0 Å². The van der Waals surface area contributed by atoms with Gasteiger partial charge in [0, 0.05) is 19.3 Å². The first-order valence-electron chi connectivity index (χ1n) is 12.7. The van der Waals surface area contributed by atoms with Crippen molar-refractivity contribution < 1.29 is 54.9 Å². The third kappa shape index (κ3) is 7.84. The Kier molecular flexibility index (Phi) is 9.29. The van der Waals surface area contributed by atoms with Gasteiger partial charge in [0.25, 0.3) is 0 Å². The van der Waals surface area contributed by atoms with E-state index >= 15 is 0 Å². The highest BCUT2D eigenvalue weighted by Gasteiger charge is 2.45. The van der Waals surface area contributed by atoms with Crippen molar-refractivity contribution in [1.29, 1.82) is 0 Å². The van der Waals surface area contributed by atoms with E-state index in [2.05, 4.69) is 25.7 Å². The number of carboxylic acids is 1. The predicted octanol–water partition coefficient (Wildman–Crippen LogP) is 5.47. The SMILES string of the molecule is O=C(O)C(F)(F)F.O=C(O)N[C@@H]1C[C@H](C(F)(F)F)CN(c2ccncc2Nc2ncc3ccc(-c4c(F)cccc4F)nn23)C1. The number of benzene rings is 1. The van der Waals surface area contributed by atoms with E-state index in [1.807, 2.05) is 0 Å². The number of aromatic nitrogens is 4. The summed E-state index contributed by atoms with van der Waals surface area (Å²) in [4.78, 5) is 29.8. The van der Waals surface area contributed by atoms with Gasteiger partial charge in [0.1, 0.15) is 11.6 Å². The molecule has 1 fully saturated rings. The lowest BCUT2D eigenvalue weighted by molar-refractivity contribution is -0.192. The Morgan fingerprint density at radius 1 is 0.933 bits per heavy atom. The summed E-state index contributed by atoms with van der Waals surface area (Å²) in [5, 5.41) is 25.7. The van der Waals surface area contributed by atoms with Gasteiger partial charge in [0.05, 0.1) is 52.5 Å². The number of rotatable bonds is 5. The Bertz CT molecular complexity index is 1680. The van der Waals surface area contributed by atoms with E-state index in [0.717, 1.165) is 12.1 Å². The molecule has 1 aliphatic heterocycles. The smallest absolute Gasteiger partial charge is 0.475 e. The third-order valence-electron chi connectivity index (χ3n) is 6.47. The zero-order chi connectivity index (χ0) is 33.1. The molecule has 0 radical (unpaired) electrons. The second-order valence-corrected chi connectivity index (χ2v) is 9.58. The zero-order valence-electron chi connectivity index (χ0n) is 22.4. The molecule has 0 spiro atoms. The number of alkyl halides is 6. The molecule has 5 rings (SSSR count). The minimum absolute atomic E-state index is 0.00510. The molecular formula is C26H21F8N7O4. The molecule has 4 aromatic rings. The highest BCUT2D eigenvalue weighted by Crippen LogP contribution is 2.37. The maximum Gasteiger partial charge on any atom is 0.490 e. The average Bonchev–Trinajstić information content (AvgIpc) is 3.34. The lowest BCUT2D eigenvalue weighted by Gasteiger charge is -2.40. The molecule has 3 aromatic heterocycles. The molecule has 0 unspecified atom stereocenters. The van der Waals surface area contributed by atoms with Gasteiger partial charge in [0.15, 0.2) is 0 Å². The highest BCUT2D eigenvalue weighted by molar-refractivity contribution is 5.74. The number of aliphatic carboxylic acids is 1. The standard InChI is InChI=1S/C24H20F5N7O2.C2HF3O2/c25-16-2-1-3-17(26)21(16)18-5-4-15-9-31-22(36(15)34-18)33-19-10-30-7-6-20(19)35-11-13(24(27,28)29)8-14(12-35)32-23(37)38;3-2(4,5)1(6)7/h1-7,9-10,13-14,32H,8,11-12H2,(H,31,33)(H,37,38);(H,6,7)/t13-,14+;/m0./s1. The summed E-state index contributed by atoms with van der Waals surface area (Å²) < 4.78 is 103. The van der Waals surface area contributed by atoms with Crippen LogP contribution in [0.4, 0.5) is 57.2 Å². The molecule has 4 heterocycles. The molecule has 0 saturated carbocycles. The summed E-state index contributed by atoms with van der Waals surface area (Å²) in [5.41, 5.74) is 0.784. The first kappa shape index (κ1) is 32.7. The molecule has 0 bridgehead atoms. The van der Waals surface area contributed by atoms with Crippen molar-refractivity contribution in [3.63, 3.8) is 0 Å². The molecule has 0 aliphatic carbocycles. The molecule has 1 saturated heterocycles. The van der Waals surface area contributed by atoms with Crippen LogP contribution in [-0.2, 0) is 4.79 Å². The number of pyridine rings is 1. The van der Waals surface area contributed by atoms with Crippen LogP contribution in [0.5, 0.6) is 0 Å². The van der Waals surface area contributed by atoms with E-state index in [-0.39, 0.29) is 35.9 Å². The van der Waals surface area contributed by atoms with E-state index in [1.54, 1.807) is 6.07 Å². The van der Waals surface area contributed by atoms with Crippen molar-refractivity contribution in [2.24, 2.45) is 5.92 Å². The van der Waals surface area contributed by atoms with Crippen LogP contribution < -0.4 is 15.5 Å². The van der Waals surface area contributed by atoms with Crippen LogP contribution in [0.3, 0.4) is 0 Å². The van der Waals surface area contributed by atoms with Crippen LogP contribution in [0.15, 0.2) is 55.0 Å². The van der Waals surface area contributed by atoms with Gasteiger partial charge in [-0.2, -0.15) is 36.0 Å². The number of nitrogens with zero attached hydrogens (tertiary/aromatic N) is 5. The number of carbonyl (C=O) groups is 2. The topological polar surface area (TPSA) is 145 Å². The summed E-state index contributed by atoms with van der Waals surface area (Å²) in [6.07, 6.45) is -7.17. The molecule has 240 valence electrons. The van der Waals surface area contributed by atoms with Crippen molar-refractivity contribution in [2.45, 2.75) is 24.8 Å². The van der Waals surface area contributed by atoms with E-state index < -0.39 is 54.6 Å². The third-order valence-corrected chi connectivity index (χ3v) is 6.47. The number of halogens is 8. The maximum absolute atomic E-state index is 14.3. The Balaban J connectivity index is 0.000000591. The largest absolute Gasteiger partial charge is 0.490 e.